The second kappa shape index (κ2) is 8.19. The largest absolute Gasteiger partial charge is 0.342 e. The van der Waals surface area contributed by atoms with Gasteiger partial charge in [0.1, 0.15) is 0 Å². The summed E-state index contributed by atoms with van der Waals surface area (Å²) in [5.41, 5.74) is 1.97. The number of benzene rings is 2. The normalized spacial score (nSPS) is 21.9. The maximum atomic E-state index is 12.6. The Labute approximate surface area is 172 Å². The van der Waals surface area contributed by atoms with Crippen LogP contribution in [0.3, 0.4) is 0 Å². The lowest BCUT2D eigenvalue weighted by Crippen LogP contribution is -2.40. The van der Waals surface area contributed by atoms with Gasteiger partial charge in [-0.15, -0.1) is 0 Å². The number of amides is 3. The number of imide groups is 1. The minimum absolute atomic E-state index is 0.212. The molecule has 2 atom stereocenters. The van der Waals surface area contributed by atoms with Crippen LogP contribution in [-0.2, 0) is 10.2 Å². The topological polar surface area (TPSA) is 57.7 Å². The molecule has 0 saturated heterocycles. The van der Waals surface area contributed by atoms with Gasteiger partial charge in [-0.25, -0.2) is 0 Å². The molecule has 0 radical (unpaired) electrons. The average molecular weight is 392 g/mol. The summed E-state index contributed by atoms with van der Waals surface area (Å²) in [6.45, 7) is 7.88. The van der Waals surface area contributed by atoms with Crippen molar-refractivity contribution in [1.29, 1.82) is 0 Å². The Morgan fingerprint density at radius 3 is 1.83 bits per heavy atom. The van der Waals surface area contributed by atoms with Gasteiger partial charge in [0.15, 0.2) is 0 Å². The first-order valence-corrected chi connectivity index (χ1v) is 10.1. The Hall–Kier alpha value is -2.95. The maximum absolute atomic E-state index is 12.6. The van der Waals surface area contributed by atoms with E-state index in [1.54, 1.807) is 24.3 Å². The van der Waals surface area contributed by atoms with Crippen LogP contribution in [0.5, 0.6) is 0 Å². The molecule has 0 aromatic heterocycles. The van der Waals surface area contributed by atoms with Crippen LogP contribution in [0.4, 0.5) is 0 Å². The van der Waals surface area contributed by atoms with E-state index in [2.05, 4.69) is 19.1 Å². The quantitative estimate of drug-likeness (QED) is 0.745. The molecule has 1 fully saturated rings. The molecule has 4 rings (SSSR count). The predicted octanol–water partition coefficient (Wildman–Crippen LogP) is 3.75. The van der Waals surface area contributed by atoms with Crippen molar-refractivity contribution in [3.63, 3.8) is 0 Å². The van der Waals surface area contributed by atoms with E-state index in [0.717, 1.165) is 24.4 Å². The fourth-order valence-corrected chi connectivity index (χ4v) is 4.09. The van der Waals surface area contributed by atoms with Gasteiger partial charge in [0.25, 0.3) is 11.8 Å². The Morgan fingerprint density at radius 2 is 1.41 bits per heavy atom. The summed E-state index contributed by atoms with van der Waals surface area (Å²) < 4.78 is 0. The molecule has 3 amide bonds. The number of likely N-dealkylation sites (N-methyl/N-ethyl adjacent to an activating group) is 1. The number of fused-ring (bicyclic) bond motifs is 1. The molecule has 5 heteroatoms. The fourth-order valence-electron chi connectivity index (χ4n) is 4.09. The summed E-state index contributed by atoms with van der Waals surface area (Å²) in [5.74, 6) is 0.352. The lowest BCUT2D eigenvalue weighted by molar-refractivity contribution is -0.134. The van der Waals surface area contributed by atoms with Crippen molar-refractivity contribution >= 4 is 17.7 Å². The first-order chi connectivity index (χ1) is 13.9. The molecular weight excluding hydrogens is 364 g/mol. The highest BCUT2D eigenvalue weighted by Gasteiger charge is 2.59. The van der Waals surface area contributed by atoms with Gasteiger partial charge >= 0.3 is 0 Å². The third-order valence-corrected chi connectivity index (χ3v) is 6.03. The van der Waals surface area contributed by atoms with Crippen molar-refractivity contribution in [2.24, 2.45) is 5.92 Å². The van der Waals surface area contributed by atoms with E-state index in [1.165, 1.54) is 12.6 Å². The van der Waals surface area contributed by atoms with Crippen molar-refractivity contribution in [3.8, 4) is 0 Å². The molecule has 5 nitrogen and oxygen atoms in total. The molecule has 0 spiro atoms. The van der Waals surface area contributed by atoms with Gasteiger partial charge in [0.05, 0.1) is 16.5 Å². The Bertz CT molecular complexity index is 886. The Kier molecular flexibility index (Phi) is 5.87. The molecule has 2 aromatic rings. The molecule has 1 aliphatic heterocycles. The van der Waals surface area contributed by atoms with E-state index in [0.29, 0.717) is 23.0 Å². The highest BCUT2D eigenvalue weighted by Crippen LogP contribution is 2.55. The van der Waals surface area contributed by atoms with Gasteiger partial charge in [-0.2, -0.15) is 0 Å². The summed E-state index contributed by atoms with van der Waals surface area (Å²) >= 11 is 0. The van der Waals surface area contributed by atoms with Crippen LogP contribution >= 0.6 is 0 Å². The fraction of sp³-hybridized carbons (Fsp3) is 0.375. The second-order valence-corrected chi connectivity index (χ2v) is 7.63. The molecule has 2 unspecified atom stereocenters. The zero-order valence-electron chi connectivity index (χ0n) is 17.5. The van der Waals surface area contributed by atoms with Crippen molar-refractivity contribution < 1.29 is 14.4 Å². The van der Waals surface area contributed by atoms with Crippen LogP contribution in [-0.4, -0.2) is 47.7 Å². The van der Waals surface area contributed by atoms with Crippen molar-refractivity contribution in [1.82, 2.24) is 9.80 Å². The van der Waals surface area contributed by atoms with E-state index in [1.807, 2.05) is 36.9 Å². The molecule has 29 heavy (non-hydrogen) atoms. The average Bonchev–Trinajstić information content (AvgIpc) is 3.40. The van der Waals surface area contributed by atoms with Crippen molar-refractivity contribution in [2.75, 3.05) is 20.1 Å². The van der Waals surface area contributed by atoms with E-state index in [4.69, 9.17) is 0 Å². The predicted molar refractivity (Wildman–Crippen MR) is 113 cm³/mol. The van der Waals surface area contributed by atoms with E-state index in [9.17, 15) is 14.4 Å². The van der Waals surface area contributed by atoms with Crippen LogP contribution in [0.1, 0.15) is 53.5 Å². The number of hydrogen-bond acceptors (Lipinski definition) is 3. The molecular formula is C24H28N2O3. The van der Waals surface area contributed by atoms with Crippen LogP contribution in [0, 0.1) is 5.92 Å². The first kappa shape index (κ1) is 20.8. The van der Waals surface area contributed by atoms with Crippen LogP contribution in [0.15, 0.2) is 54.6 Å². The summed E-state index contributed by atoms with van der Waals surface area (Å²) in [6, 6.07) is 17.1. The maximum Gasteiger partial charge on any atom is 0.261 e. The van der Waals surface area contributed by atoms with E-state index in [-0.39, 0.29) is 17.2 Å². The summed E-state index contributed by atoms with van der Waals surface area (Å²) in [6.07, 6.45) is 0.992. The zero-order valence-corrected chi connectivity index (χ0v) is 17.5. The number of carbonyl (C=O) groups is 3. The number of nitrogens with zero attached hydrogens (tertiary/aromatic N) is 2. The van der Waals surface area contributed by atoms with Gasteiger partial charge < -0.3 is 4.90 Å². The zero-order chi connectivity index (χ0) is 21.2. The molecule has 0 N–H and O–H groups in total. The Morgan fingerprint density at radius 1 is 0.966 bits per heavy atom. The minimum Gasteiger partial charge on any atom is -0.342 e. The highest BCUT2D eigenvalue weighted by atomic mass is 16.2. The van der Waals surface area contributed by atoms with Crippen LogP contribution in [0.25, 0.3) is 0 Å². The number of carbonyl (C=O) groups excluding carboxylic acids is 3. The van der Waals surface area contributed by atoms with Crippen LogP contribution in [0.2, 0.25) is 0 Å². The highest BCUT2D eigenvalue weighted by molar-refractivity contribution is 6.21. The first-order valence-electron chi connectivity index (χ1n) is 10.1. The molecule has 1 saturated carbocycles. The number of hydrogen-bond donors (Lipinski definition) is 0. The van der Waals surface area contributed by atoms with Crippen LogP contribution < -0.4 is 0 Å². The number of rotatable bonds is 4. The van der Waals surface area contributed by atoms with Gasteiger partial charge in [0.2, 0.25) is 5.91 Å². The summed E-state index contributed by atoms with van der Waals surface area (Å²) in [5, 5.41) is 0. The van der Waals surface area contributed by atoms with Crippen molar-refractivity contribution in [2.45, 2.75) is 32.6 Å². The van der Waals surface area contributed by atoms with E-state index >= 15 is 0 Å². The molecule has 2 aliphatic rings. The lowest BCUT2D eigenvalue weighted by Gasteiger charge is -2.26. The molecule has 152 valence electrons. The smallest absolute Gasteiger partial charge is 0.261 e. The summed E-state index contributed by atoms with van der Waals surface area (Å²) in [4.78, 5) is 38.3. The molecule has 1 heterocycles. The van der Waals surface area contributed by atoms with Crippen molar-refractivity contribution in [3.05, 3.63) is 71.3 Å². The minimum atomic E-state index is -0.229. The SMILES string of the molecule is CCN(CC)C(=O)C1(c2ccccc2)CC1C.CN1C(=O)c2ccccc2C1=O. The Balaban J connectivity index is 0.000000176. The third kappa shape index (κ3) is 3.57. The molecule has 0 bridgehead atoms. The van der Waals surface area contributed by atoms with E-state index < -0.39 is 0 Å². The molecule has 1 aliphatic carbocycles. The monoisotopic (exact) mass is 392 g/mol. The molecule has 2 aromatic carbocycles. The summed E-state index contributed by atoms with van der Waals surface area (Å²) in [7, 11) is 1.49. The van der Waals surface area contributed by atoms with Gasteiger partial charge in [-0.05, 0) is 43.9 Å². The lowest BCUT2D eigenvalue weighted by atomic mass is 9.92. The third-order valence-electron chi connectivity index (χ3n) is 6.03. The van der Waals surface area contributed by atoms with Gasteiger partial charge in [-0.3, -0.25) is 19.3 Å². The standard InChI is InChI=1S/C15H21NO.C9H7NO2/c1-4-16(5-2)14(17)15(11-12(15)3)13-9-7-6-8-10-13;1-10-8(11)6-4-2-3-5-7(6)9(10)12/h6-10,12H,4-5,11H2,1-3H3;2-5H,1H3. The van der Waals surface area contributed by atoms with Gasteiger partial charge in [-0.1, -0.05) is 49.4 Å². The second-order valence-electron chi connectivity index (χ2n) is 7.63. The van der Waals surface area contributed by atoms with Gasteiger partial charge in [0, 0.05) is 20.1 Å².